The van der Waals surface area contributed by atoms with E-state index in [-0.39, 0.29) is 17.4 Å². The molecule has 2 rings (SSSR count). The fourth-order valence-electron chi connectivity index (χ4n) is 1.78. The second-order valence-electron chi connectivity index (χ2n) is 4.52. The van der Waals surface area contributed by atoms with Crippen molar-refractivity contribution in [2.24, 2.45) is 0 Å². The number of aromatic carboxylic acids is 1. The lowest BCUT2D eigenvalue weighted by molar-refractivity contribution is 0.0697. The van der Waals surface area contributed by atoms with Crippen LogP contribution in [0.15, 0.2) is 28.9 Å². The molecule has 0 spiro atoms. The molecule has 0 atom stereocenters. The van der Waals surface area contributed by atoms with Crippen LogP contribution in [0.3, 0.4) is 0 Å². The highest BCUT2D eigenvalue weighted by atomic mass is 16.5. The van der Waals surface area contributed by atoms with E-state index in [2.05, 4.69) is 5.16 Å². The summed E-state index contributed by atoms with van der Waals surface area (Å²) >= 11 is 0. The molecule has 2 aromatic rings. The monoisotopic (exact) mass is 261 g/mol. The van der Waals surface area contributed by atoms with Crippen LogP contribution in [0.1, 0.15) is 29.8 Å². The van der Waals surface area contributed by atoms with Gasteiger partial charge in [-0.25, -0.2) is 4.79 Å². The Labute approximate surface area is 110 Å². The van der Waals surface area contributed by atoms with E-state index in [1.807, 2.05) is 26.8 Å². The van der Waals surface area contributed by atoms with Crippen molar-refractivity contribution in [1.29, 1.82) is 0 Å². The fourth-order valence-corrected chi connectivity index (χ4v) is 1.78. The Bertz CT molecular complexity index is 601. The second-order valence-corrected chi connectivity index (χ2v) is 4.52. The third-order valence-electron chi connectivity index (χ3n) is 2.60. The van der Waals surface area contributed by atoms with Crippen molar-refractivity contribution in [3.05, 3.63) is 35.5 Å². The van der Waals surface area contributed by atoms with Crippen molar-refractivity contribution >= 4 is 5.97 Å². The van der Waals surface area contributed by atoms with Crippen molar-refractivity contribution < 1.29 is 19.2 Å². The number of carboxylic acids is 1. The highest BCUT2D eigenvalue weighted by Crippen LogP contribution is 2.29. The molecule has 0 radical (unpaired) electrons. The van der Waals surface area contributed by atoms with E-state index in [1.165, 1.54) is 6.20 Å². The zero-order chi connectivity index (χ0) is 14.0. The molecular formula is C14H15NO4. The van der Waals surface area contributed by atoms with Crippen molar-refractivity contribution in [3.63, 3.8) is 0 Å². The van der Waals surface area contributed by atoms with Crippen molar-refractivity contribution in [2.75, 3.05) is 0 Å². The van der Waals surface area contributed by atoms with Gasteiger partial charge in [0.25, 0.3) is 0 Å². The van der Waals surface area contributed by atoms with Crippen LogP contribution in [-0.2, 0) is 0 Å². The first-order valence-corrected chi connectivity index (χ1v) is 5.94. The number of aryl methyl sites for hydroxylation is 1. The predicted molar refractivity (Wildman–Crippen MR) is 69.4 cm³/mol. The molecule has 0 unspecified atom stereocenters. The molecular weight excluding hydrogens is 246 g/mol. The van der Waals surface area contributed by atoms with Crippen LogP contribution in [0.25, 0.3) is 11.3 Å². The highest BCUT2D eigenvalue weighted by Gasteiger charge is 2.17. The van der Waals surface area contributed by atoms with Gasteiger partial charge in [-0.3, -0.25) is 0 Å². The summed E-state index contributed by atoms with van der Waals surface area (Å²) in [6.07, 6.45) is 1.29. The summed E-state index contributed by atoms with van der Waals surface area (Å²) in [6, 6.07) is 5.39. The first-order chi connectivity index (χ1) is 8.99. The molecule has 5 nitrogen and oxygen atoms in total. The van der Waals surface area contributed by atoms with E-state index in [1.54, 1.807) is 12.1 Å². The number of aromatic nitrogens is 1. The zero-order valence-corrected chi connectivity index (χ0v) is 11.0. The number of benzene rings is 1. The maximum atomic E-state index is 11.0. The van der Waals surface area contributed by atoms with Crippen LogP contribution in [0.4, 0.5) is 0 Å². The molecule has 1 aromatic heterocycles. The van der Waals surface area contributed by atoms with Gasteiger partial charge in [0.15, 0.2) is 5.76 Å². The molecule has 0 saturated carbocycles. The Morgan fingerprint density at radius 3 is 2.74 bits per heavy atom. The van der Waals surface area contributed by atoms with Gasteiger partial charge in [-0.05, 0) is 44.5 Å². The molecule has 0 amide bonds. The van der Waals surface area contributed by atoms with Gasteiger partial charge in [0.05, 0.1) is 12.3 Å². The minimum atomic E-state index is -1.06. The first-order valence-electron chi connectivity index (χ1n) is 5.94. The van der Waals surface area contributed by atoms with E-state index < -0.39 is 5.97 Å². The van der Waals surface area contributed by atoms with Gasteiger partial charge in [0, 0.05) is 5.56 Å². The van der Waals surface area contributed by atoms with Crippen LogP contribution in [0.5, 0.6) is 5.75 Å². The Morgan fingerprint density at radius 1 is 1.42 bits per heavy atom. The molecule has 0 aliphatic heterocycles. The van der Waals surface area contributed by atoms with Gasteiger partial charge >= 0.3 is 5.97 Å². The first kappa shape index (κ1) is 13.1. The lowest BCUT2D eigenvalue weighted by Crippen LogP contribution is -2.06. The lowest BCUT2D eigenvalue weighted by atomic mass is 10.1. The summed E-state index contributed by atoms with van der Waals surface area (Å²) in [5.41, 5.74) is 1.64. The predicted octanol–water partition coefficient (Wildman–Crippen LogP) is 3.14. The molecule has 1 heterocycles. The van der Waals surface area contributed by atoms with E-state index >= 15 is 0 Å². The van der Waals surface area contributed by atoms with Crippen molar-refractivity contribution in [2.45, 2.75) is 26.9 Å². The van der Waals surface area contributed by atoms with E-state index in [0.717, 1.165) is 11.3 Å². The minimum absolute atomic E-state index is 0.0527. The normalized spacial score (nSPS) is 10.7. The van der Waals surface area contributed by atoms with E-state index in [4.69, 9.17) is 14.4 Å². The standard InChI is InChI=1S/C14H15NO4/c1-8(2)18-12-5-4-10(6-9(12)3)13-11(14(16)17)7-15-19-13/h4-8H,1-3H3,(H,16,17). The zero-order valence-electron chi connectivity index (χ0n) is 11.0. The van der Waals surface area contributed by atoms with Gasteiger partial charge in [0.1, 0.15) is 11.3 Å². The molecule has 5 heteroatoms. The molecule has 0 saturated heterocycles. The smallest absolute Gasteiger partial charge is 0.341 e. The second kappa shape index (κ2) is 5.14. The van der Waals surface area contributed by atoms with Gasteiger partial charge in [-0.15, -0.1) is 0 Å². The molecule has 1 aromatic carbocycles. The van der Waals surface area contributed by atoms with E-state index in [0.29, 0.717) is 5.56 Å². The minimum Gasteiger partial charge on any atom is -0.491 e. The molecule has 0 aliphatic carbocycles. The Balaban J connectivity index is 2.39. The molecule has 0 fully saturated rings. The number of hydrogen-bond acceptors (Lipinski definition) is 4. The number of carbonyl (C=O) groups is 1. The quantitative estimate of drug-likeness (QED) is 0.915. The maximum Gasteiger partial charge on any atom is 0.341 e. The fraction of sp³-hybridized carbons (Fsp3) is 0.286. The van der Waals surface area contributed by atoms with Gasteiger partial charge in [-0.1, -0.05) is 5.16 Å². The van der Waals surface area contributed by atoms with Crippen molar-refractivity contribution in [1.82, 2.24) is 5.16 Å². The Hall–Kier alpha value is -2.30. The van der Waals surface area contributed by atoms with Crippen LogP contribution < -0.4 is 4.74 Å². The van der Waals surface area contributed by atoms with E-state index in [9.17, 15) is 4.79 Å². The lowest BCUT2D eigenvalue weighted by Gasteiger charge is -2.12. The summed E-state index contributed by atoms with van der Waals surface area (Å²) in [5.74, 6) is -0.0294. The number of hydrogen-bond donors (Lipinski definition) is 1. The van der Waals surface area contributed by atoms with Gasteiger partial charge in [-0.2, -0.15) is 0 Å². The molecule has 0 bridgehead atoms. The van der Waals surface area contributed by atoms with Crippen LogP contribution in [0, 0.1) is 6.92 Å². The van der Waals surface area contributed by atoms with Gasteiger partial charge in [0.2, 0.25) is 0 Å². The number of ether oxygens (including phenoxy) is 1. The summed E-state index contributed by atoms with van der Waals surface area (Å²) in [5, 5.41) is 12.6. The molecule has 0 aliphatic rings. The van der Waals surface area contributed by atoms with Gasteiger partial charge < -0.3 is 14.4 Å². The summed E-state index contributed by atoms with van der Waals surface area (Å²) < 4.78 is 10.6. The number of nitrogens with zero attached hydrogens (tertiary/aromatic N) is 1. The number of carboxylic acid groups (broad SMARTS) is 1. The summed E-state index contributed by atoms with van der Waals surface area (Å²) in [6.45, 7) is 5.80. The Morgan fingerprint density at radius 2 is 2.16 bits per heavy atom. The maximum absolute atomic E-state index is 11.0. The summed E-state index contributed by atoms with van der Waals surface area (Å²) in [7, 11) is 0. The average Bonchev–Trinajstić information content (AvgIpc) is 2.80. The third-order valence-corrected chi connectivity index (χ3v) is 2.60. The van der Waals surface area contributed by atoms with Crippen LogP contribution in [-0.4, -0.2) is 22.3 Å². The average molecular weight is 261 g/mol. The van der Waals surface area contributed by atoms with Crippen LogP contribution in [0.2, 0.25) is 0 Å². The van der Waals surface area contributed by atoms with Crippen molar-refractivity contribution in [3.8, 4) is 17.1 Å². The largest absolute Gasteiger partial charge is 0.491 e. The Kier molecular flexibility index (Phi) is 3.55. The molecule has 100 valence electrons. The third kappa shape index (κ3) is 2.76. The highest BCUT2D eigenvalue weighted by molar-refractivity contribution is 5.93. The SMILES string of the molecule is Cc1cc(-c2oncc2C(=O)O)ccc1OC(C)C. The molecule has 19 heavy (non-hydrogen) atoms. The topological polar surface area (TPSA) is 72.6 Å². The number of rotatable bonds is 4. The van der Waals surface area contributed by atoms with Crippen LogP contribution >= 0.6 is 0 Å². The molecule has 1 N–H and O–H groups in total. The summed E-state index contributed by atoms with van der Waals surface area (Å²) in [4.78, 5) is 11.0.